The molecule has 0 unspecified atom stereocenters. The average molecular weight is 408 g/mol. The zero-order valence-corrected chi connectivity index (χ0v) is 15.9. The number of carbonyl (C=O) groups is 1. The molecule has 8 nitrogen and oxygen atoms in total. The van der Waals surface area contributed by atoms with Gasteiger partial charge in [-0.25, -0.2) is 4.98 Å². The quantitative estimate of drug-likeness (QED) is 0.268. The number of amides is 1. The summed E-state index contributed by atoms with van der Waals surface area (Å²) in [6.07, 6.45) is 0. The van der Waals surface area contributed by atoms with Gasteiger partial charge in [0.15, 0.2) is 16.5 Å². The lowest BCUT2D eigenvalue weighted by atomic mass is 10.3. The second-order valence-electron chi connectivity index (χ2n) is 6.14. The van der Waals surface area contributed by atoms with Crippen LogP contribution in [0.15, 0.2) is 65.1 Å². The van der Waals surface area contributed by atoms with Crippen molar-refractivity contribution in [3.8, 4) is 10.8 Å². The third-order valence-electron chi connectivity index (χ3n) is 4.15. The number of rotatable bonds is 7. The number of furan rings is 1. The van der Waals surface area contributed by atoms with Gasteiger partial charge in [0.05, 0.1) is 15.1 Å². The zero-order chi connectivity index (χ0) is 20.2. The number of nitrogens with zero attached hydrogens (tertiary/aromatic N) is 2. The first kappa shape index (κ1) is 18.6. The van der Waals surface area contributed by atoms with E-state index in [9.17, 15) is 14.9 Å². The summed E-state index contributed by atoms with van der Waals surface area (Å²) in [6, 6.07) is 17.3. The van der Waals surface area contributed by atoms with Gasteiger partial charge in [0.2, 0.25) is 0 Å². The van der Waals surface area contributed by atoms with Gasteiger partial charge in [0.1, 0.15) is 0 Å². The highest BCUT2D eigenvalue weighted by atomic mass is 32.1. The standard InChI is InChI=1S/C20H16N4O4S/c25-19(22-12-11-21-13-5-7-14(8-6-13)24(26)27)16-9-10-17(28-16)20-23-15-3-1-2-4-18(15)29-20/h1-10,21H,11-12H2,(H,22,25). The van der Waals surface area contributed by atoms with Crippen molar-refractivity contribution in [1.82, 2.24) is 10.3 Å². The van der Waals surface area contributed by atoms with Crippen molar-refractivity contribution in [3.05, 3.63) is 76.5 Å². The van der Waals surface area contributed by atoms with E-state index in [0.29, 0.717) is 18.8 Å². The number of nitrogens with one attached hydrogen (secondary N) is 2. The minimum Gasteiger partial charge on any atom is -0.448 e. The molecule has 2 aromatic carbocycles. The summed E-state index contributed by atoms with van der Waals surface area (Å²) < 4.78 is 6.72. The first-order valence-corrected chi connectivity index (χ1v) is 9.64. The SMILES string of the molecule is O=C(NCCNc1ccc([N+](=O)[O-])cc1)c1ccc(-c2nc3ccccc3s2)o1. The number of non-ortho nitro benzene ring substituents is 1. The number of anilines is 1. The van der Waals surface area contributed by atoms with E-state index in [-0.39, 0.29) is 17.4 Å². The van der Waals surface area contributed by atoms with E-state index < -0.39 is 4.92 Å². The highest BCUT2D eigenvalue weighted by Crippen LogP contribution is 2.31. The Labute approximate surface area is 169 Å². The molecule has 0 spiro atoms. The van der Waals surface area contributed by atoms with Crippen LogP contribution in [0.2, 0.25) is 0 Å². The number of carbonyl (C=O) groups excluding carboxylic acids is 1. The van der Waals surface area contributed by atoms with Crippen LogP contribution in [0.4, 0.5) is 11.4 Å². The highest BCUT2D eigenvalue weighted by Gasteiger charge is 2.14. The van der Waals surface area contributed by atoms with E-state index in [0.717, 1.165) is 20.9 Å². The fraction of sp³-hybridized carbons (Fsp3) is 0.100. The molecule has 0 aliphatic heterocycles. The minimum atomic E-state index is -0.448. The molecule has 0 atom stereocenters. The molecule has 9 heteroatoms. The summed E-state index contributed by atoms with van der Waals surface area (Å²) >= 11 is 1.51. The van der Waals surface area contributed by atoms with Crippen molar-refractivity contribution in [2.75, 3.05) is 18.4 Å². The summed E-state index contributed by atoms with van der Waals surface area (Å²) in [5.41, 5.74) is 1.67. The third-order valence-corrected chi connectivity index (χ3v) is 5.20. The lowest BCUT2D eigenvalue weighted by Crippen LogP contribution is -2.28. The lowest BCUT2D eigenvalue weighted by Gasteiger charge is -2.07. The number of fused-ring (bicyclic) bond motifs is 1. The predicted molar refractivity (Wildman–Crippen MR) is 111 cm³/mol. The van der Waals surface area contributed by atoms with Crippen molar-refractivity contribution in [3.63, 3.8) is 0 Å². The van der Waals surface area contributed by atoms with Crippen molar-refractivity contribution in [2.24, 2.45) is 0 Å². The van der Waals surface area contributed by atoms with Gasteiger partial charge in [-0.05, 0) is 36.4 Å². The maximum Gasteiger partial charge on any atom is 0.287 e. The van der Waals surface area contributed by atoms with Crippen LogP contribution < -0.4 is 10.6 Å². The number of aromatic nitrogens is 1. The van der Waals surface area contributed by atoms with Gasteiger partial charge in [-0.3, -0.25) is 14.9 Å². The molecule has 0 bridgehead atoms. The van der Waals surface area contributed by atoms with Crippen molar-refractivity contribution >= 4 is 38.8 Å². The topological polar surface area (TPSA) is 110 Å². The smallest absolute Gasteiger partial charge is 0.287 e. The van der Waals surface area contributed by atoms with Gasteiger partial charge >= 0.3 is 0 Å². The molecule has 4 aromatic rings. The largest absolute Gasteiger partial charge is 0.448 e. The van der Waals surface area contributed by atoms with Gasteiger partial charge in [0, 0.05) is 30.9 Å². The van der Waals surface area contributed by atoms with Crippen LogP contribution in [0.1, 0.15) is 10.6 Å². The number of nitro groups is 1. The Hall–Kier alpha value is -3.72. The summed E-state index contributed by atoms with van der Waals surface area (Å²) in [5, 5.41) is 17.2. The van der Waals surface area contributed by atoms with E-state index in [2.05, 4.69) is 15.6 Å². The average Bonchev–Trinajstić information content (AvgIpc) is 3.38. The Bertz CT molecular complexity index is 1130. The molecule has 1 amide bonds. The monoisotopic (exact) mass is 408 g/mol. The number of thiazole rings is 1. The molecular formula is C20H16N4O4S. The van der Waals surface area contributed by atoms with Gasteiger partial charge in [-0.1, -0.05) is 12.1 Å². The van der Waals surface area contributed by atoms with E-state index in [1.165, 1.54) is 23.5 Å². The molecular weight excluding hydrogens is 392 g/mol. The number of para-hydroxylation sites is 1. The predicted octanol–water partition coefficient (Wildman–Crippen LogP) is 4.31. The molecule has 2 heterocycles. The Kier molecular flexibility index (Phi) is 5.21. The van der Waals surface area contributed by atoms with Crippen LogP contribution in [0, 0.1) is 10.1 Å². The summed E-state index contributed by atoms with van der Waals surface area (Å²) in [5.74, 6) is 0.456. The van der Waals surface area contributed by atoms with E-state index in [4.69, 9.17) is 4.42 Å². The number of hydrogen-bond acceptors (Lipinski definition) is 7. The van der Waals surface area contributed by atoms with Crippen LogP contribution in [-0.4, -0.2) is 28.9 Å². The van der Waals surface area contributed by atoms with Crippen molar-refractivity contribution in [2.45, 2.75) is 0 Å². The molecule has 0 saturated carbocycles. The van der Waals surface area contributed by atoms with Gasteiger partial charge < -0.3 is 15.1 Å². The van der Waals surface area contributed by atoms with E-state index >= 15 is 0 Å². The highest BCUT2D eigenvalue weighted by molar-refractivity contribution is 7.21. The minimum absolute atomic E-state index is 0.0330. The molecule has 0 saturated heterocycles. The second kappa shape index (κ2) is 8.11. The number of benzene rings is 2. The first-order valence-electron chi connectivity index (χ1n) is 8.82. The summed E-state index contributed by atoms with van der Waals surface area (Å²) in [7, 11) is 0. The van der Waals surface area contributed by atoms with Gasteiger partial charge in [0.25, 0.3) is 11.6 Å². The molecule has 0 radical (unpaired) electrons. The first-order chi connectivity index (χ1) is 14.1. The molecule has 2 aromatic heterocycles. The number of hydrogen-bond donors (Lipinski definition) is 2. The van der Waals surface area contributed by atoms with Crippen molar-refractivity contribution < 1.29 is 14.1 Å². The fourth-order valence-electron chi connectivity index (χ4n) is 2.72. The Morgan fingerprint density at radius 1 is 1.07 bits per heavy atom. The maximum absolute atomic E-state index is 12.3. The third kappa shape index (κ3) is 4.25. The van der Waals surface area contributed by atoms with Gasteiger partial charge in [-0.2, -0.15) is 0 Å². The fourth-order valence-corrected chi connectivity index (χ4v) is 3.65. The Balaban J connectivity index is 1.30. The van der Waals surface area contributed by atoms with Gasteiger partial charge in [-0.15, -0.1) is 11.3 Å². The Morgan fingerprint density at radius 2 is 1.86 bits per heavy atom. The van der Waals surface area contributed by atoms with Crippen molar-refractivity contribution in [1.29, 1.82) is 0 Å². The van der Waals surface area contributed by atoms with E-state index in [1.807, 2.05) is 24.3 Å². The molecule has 29 heavy (non-hydrogen) atoms. The molecule has 146 valence electrons. The van der Waals surface area contributed by atoms with Crippen LogP contribution in [0.5, 0.6) is 0 Å². The molecule has 0 aliphatic carbocycles. The number of nitro benzene ring substituents is 1. The van der Waals surface area contributed by atoms with Crippen LogP contribution in [0.25, 0.3) is 21.0 Å². The normalized spacial score (nSPS) is 10.8. The van der Waals surface area contributed by atoms with Crippen LogP contribution in [0.3, 0.4) is 0 Å². The Morgan fingerprint density at radius 3 is 2.62 bits per heavy atom. The lowest BCUT2D eigenvalue weighted by molar-refractivity contribution is -0.384. The zero-order valence-electron chi connectivity index (χ0n) is 15.1. The molecule has 2 N–H and O–H groups in total. The second-order valence-corrected chi connectivity index (χ2v) is 7.17. The summed E-state index contributed by atoms with van der Waals surface area (Å²) in [4.78, 5) is 27.0. The maximum atomic E-state index is 12.3. The molecule has 4 rings (SSSR count). The van der Waals surface area contributed by atoms with Crippen LogP contribution in [-0.2, 0) is 0 Å². The van der Waals surface area contributed by atoms with E-state index in [1.54, 1.807) is 24.3 Å². The molecule has 0 aliphatic rings. The summed E-state index contributed by atoms with van der Waals surface area (Å²) in [6.45, 7) is 0.835. The molecule has 0 fully saturated rings. The van der Waals surface area contributed by atoms with Crippen LogP contribution >= 0.6 is 11.3 Å².